The maximum atomic E-state index is 12.5. The number of carbonyl (C=O) groups excluding carboxylic acids is 2. The van der Waals surface area contributed by atoms with Gasteiger partial charge in [0.2, 0.25) is 11.8 Å². The first-order valence-electron chi connectivity index (χ1n) is 8.14. The molecule has 25 heavy (non-hydrogen) atoms. The Morgan fingerprint density at radius 3 is 2.28 bits per heavy atom. The number of nitrogens with zero attached hydrogens (tertiary/aromatic N) is 1. The standard InChI is InChI=1S/C19H18Cl2N2O2/c20-14-3-1-13(2-4-14)9-11-22-18(24)17-10-12-23(19(17)25)16-7-5-15(21)6-8-16/h1-8,17H,9-12H2,(H,22,24). The lowest BCUT2D eigenvalue weighted by molar-refractivity contribution is -0.132. The molecule has 1 heterocycles. The largest absolute Gasteiger partial charge is 0.355 e. The predicted molar refractivity (Wildman–Crippen MR) is 100 cm³/mol. The first-order chi connectivity index (χ1) is 12.0. The lowest BCUT2D eigenvalue weighted by Crippen LogP contribution is -2.37. The van der Waals surface area contributed by atoms with Crippen molar-refractivity contribution in [3.05, 3.63) is 64.1 Å². The monoisotopic (exact) mass is 376 g/mol. The van der Waals surface area contributed by atoms with Gasteiger partial charge in [-0.2, -0.15) is 0 Å². The third kappa shape index (κ3) is 4.33. The van der Waals surface area contributed by atoms with E-state index < -0.39 is 5.92 Å². The van der Waals surface area contributed by atoms with Crippen molar-refractivity contribution in [1.29, 1.82) is 0 Å². The molecule has 1 N–H and O–H groups in total. The van der Waals surface area contributed by atoms with Crippen LogP contribution in [0.1, 0.15) is 12.0 Å². The molecule has 130 valence electrons. The molecule has 0 bridgehead atoms. The Kier molecular flexibility index (Phi) is 5.61. The average molecular weight is 377 g/mol. The number of hydrogen-bond donors (Lipinski definition) is 1. The van der Waals surface area contributed by atoms with Gasteiger partial charge >= 0.3 is 0 Å². The van der Waals surface area contributed by atoms with E-state index in [9.17, 15) is 9.59 Å². The van der Waals surface area contributed by atoms with Gasteiger partial charge in [0.25, 0.3) is 0 Å². The van der Waals surface area contributed by atoms with Gasteiger partial charge in [0.05, 0.1) is 0 Å². The quantitative estimate of drug-likeness (QED) is 0.808. The highest BCUT2D eigenvalue weighted by Gasteiger charge is 2.37. The first kappa shape index (κ1) is 17.8. The summed E-state index contributed by atoms with van der Waals surface area (Å²) in [5, 5.41) is 4.16. The van der Waals surface area contributed by atoms with Gasteiger partial charge in [0.15, 0.2) is 0 Å². The molecule has 1 fully saturated rings. The van der Waals surface area contributed by atoms with Crippen LogP contribution in [-0.4, -0.2) is 24.9 Å². The normalized spacial score (nSPS) is 17.0. The number of anilines is 1. The van der Waals surface area contributed by atoms with Crippen LogP contribution in [0, 0.1) is 5.92 Å². The lowest BCUT2D eigenvalue weighted by atomic mass is 10.1. The third-order valence-corrected chi connectivity index (χ3v) is 4.79. The zero-order chi connectivity index (χ0) is 17.8. The minimum Gasteiger partial charge on any atom is -0.355 e. The topological polar surface area (TPSA) is 49.4 Å². The minimum absolute atomic E-state index is 0.161. The molecule has 1 aliphatic rings. The van der Waals surface area contributed by atoms with Crippen molar-refractivity contribution in [3.63, 3.8) is 0 Å². The van der Waals surface area contributed by atoms with Gasteiger partial charge in [-0.15, -0.1) is 0 Å². The molecule has 1 aliphatic heterocycles. The minimum atomic E-state index is -0.624. The van der Waals surface area contributed by atoms with Crippen LogP contribution in [0.2, 0.25) is 10.0 Å². The molecule has 3 rings (SSSR count). The SMILES string of the molecule is O=C(NCCc1ccc(Cl)cc1)C1CCN(c2ccc(Cl)cc2)C1=O. The summed E-state index contributed by atoms with van der Waals surface area (Å²) in [6.45, 7) is 1.03. The molecule has 1 unspecified atom stereocenters. The molecule has 0 aromatic heterocycles. The fourth-order valence-corrected chi connectivity index (χ4v) is 3.16. The van der Waals surface area contributed by atoms with Crippen LogP contribution >= 0.6 is 23.2 Å². The van der Waals surface area contributed by atoms with E-state index in [1.807, 2.05) is 24.3 Å². The van der Waals surface area contributed by atoms with Gasteiger partial charge in [0, 0.05) is 28.8 Å². The number of amides is 2. The van der Waals surface area contributed by atoms with Crippen LogP contribution in [0.25, 0.3) is 0 Å². The summed E-state index contributed by atoms with van der Waals surface area (Å²) in [5.74, 6) is -0.998. The maximum Gasteiger partial charge on any atom is 0.239 e. The van der Waals surface area contributed by atoms with Crippen molar-refractivity contribution in [2.24, 2.45) is 5.92 Å². The summed E-state index contributed by atoms with van der Waals surface area (Å²) in [7, 11) is 0. The summed E-state index contributed by atoms with van der Waals surface area (Å²) in [5.41, 5.74) is 1.86. The Labute approximate surface area is 156 Å². The second-order valence-electron chi connectivity index (χ2n) is 5.98. The van der Waals surface area contributed by atoms with Crippen molar-refractivity contribution < 1.29 is 9.59 Å². The molecule has 1 atom stereocenters. The molecule has 0 aliphatic carbocycles. The zero-order valence-corrected chi connectivity index (χ0v) is 15.1. The molecule has 0 radical (unpaired) electrons. The van der Waals surface area contributed by atoms with Gasteiger partial charge in [-0.05, 0) is 54.8 Å². The van der Waals surface area contributed by atoms with Crippen LogP contribution in [0.15, 0.2) is 48.5 Å². The van der Waals surface area contributed by atoms with E-state index in [4.69, 9.17) is 23.2 Å². The summed E-state index contributed by atoms with van der Waals surface area (Å²) in [6, 6.07) is 14.6. The van der Waals surface area contributed by atoms with E-state index in [1.54, 1.807) is 29.2 Å². The lowest BCUT2D eigenvalue weighted by Gasteiger charge is -2.16. The predicted octanol–water partition coefficient (Wildman–Crippen LogP) is 3.71. The van der Waals surface area contributed by atoms with Crippen molar-refractivity contribution >= 4 is 40.7 Å². The number of carbonyl (C=O) groups is 2. The van der Waals surface area contributed by atoms with Crippen molar-refractivity contribution in [1.82, 2.24) is 5.32 Å². The van der Waals surface area contributed by atoms with E-state index in [0.29, 0.717) is 36.0 Å². The number of benzene rings is 2. The second kappa shape index (κ2) is 7.89. The Morgan fingerprint density at radius 1 is 1.04 bits per heavy atom. The molecule has 2 aromatic carbocycles. The van der Waals surface area contributed by atoms with Gasteiger partial charge in [-0.1, -0.05) is 35.3 Å². The number of nitrogens with one attached hydrogen (secondary N) is 1. The highest BCUT2D eigenvalue weighted by atomic mass is 35.5. The summed E-state index contributed by atoms with van der Waals surface area (Å²) in [6.07, 6.45) is 1.22. The van der Waals surface area contributed by atoms with E-state index in [-0.39, 0.29) is 11.8 Å². The fraction of sp³-hybridized carbons (Fsp3) is 0.263. The highest BCUT2D eigenvalue weighted by molar-refractivity contribution is 6.30. The molecule has 0 saturated carbocycles. The Balaban J connectivity index is 1.53. The Hall–Kier alpha value is -2.04. The van der Waals surface area contributed by atoms with Crippen LogP contribution in [0.4, 0.5) is 5.69 Å². The van der Waals surface area contributed by atoms with Gasteiger partial charge < -0.3 is 10.2 Å². The second-order valence-corrected chi connectivity index (χ2v) is 6.85. The summed E-state index contributed by atoms with van der Waals surface area (Å²) in [4.78, 5) is 26.5. The smallest absolute Gasteiger partial charge is 0.239 e. The maximum absolute atomic E-state index is 12.5. The van der Waals surface area contributed by atoms with Crippen molar-refractivity contribution in [3.8, 4) is 0 Å². The van der Waals surface area contributed by atoms with Crippen LogP contribution < -0.4 is 10.2 Å². The first-order valence-corrected chi connectivity index (χ1v) is 8.89. The van der Waals surface area contributed by atoms with Gasteiger partial charge in [0.1, 0.15) is 5.92 Å². The number of hydrogen-bond acceptors (Lipinski definition) is 2. The zero-order valence-electron chi connectivity index (χ0n) is 13.5. The molecular weight excluding hydrogens is 359 g/mol. The van der Waals surface area contributed by atoms with Crippen LogP contribution in [0.5, 0.6) is 0 Å². The van der Waals surface area contributed by atoms with E-state index in [1.165, 1.54) is 0 Å². The number of halogens is 2. The van der Waals surface area contributed by atoms with E-state index in [2.05, 4.69) is 5.32 Å². The number of rotatable bonds is 5. The molecular formula is C19H18Cl2N2O2. The summed E-state index contributed by atoms with van der Waals surface area (Å²) >= 11 is 11.7. The van der Waals surface area contributed by atoms with Gasteiger partial charge in [-0.25, -0.2) is 0 Å². The van der Waals surface area contributed by atoms with Crippen LogP contribution in [-0.2, 0) is 16.0 Å². The highest BCUT2D eigenvalue weighted by Crippen LogP contribution is 2.26. The van der Waals surface area contributed by atoms with E-state index >= 15 is 0 Å². The summed E-state index contributed by atoms with van der Waals surface area (Å²) < 4.78 is 0. The molecule has 4 nitrogen and oxygen atoms in total. The molecule has 0 spiro atoms. The molecule has 2 aromatic rings. The average Bonchev–Trinajstić information content (AvgIpc) is 2.99. The van der Waals surface area contributed by atoms with Crippen molar-refractivity contribution in [2.75, 3.05) is 18.0 Å². The molecule has 6 heteroatoms. The van der Waals surface area contributed by atoms with Gasteiger partial charge in [-0.3, -0.25) is 9.59 Å². The Morgan fingerprint density at radius 2 is 1.64 bits per heavy atom. The fourth-order valence-electron chi connectivity index (χ4n) is 2.90. The van der Waals surface area contributed by atoms with Crippen molar-refractivity contribution in [2.45, 2.75) is 12.8 Å². The third-order valence-electron chi connectivity index (χ3n) is 4.29. The van der Waals surface area contributed by atoms with Crippen LogP contribution in [0.3, 0.4) is 0 Å². The molecule has 2 amide bonds. The Bertz CT molecular complexity index is 760. The van der Waals surface area contributed by atoms with E-state index in [0.717, 1.165) is 11.3 Å². The molecule has 1 saturated heterocycles.